The molecule has 8 nitrogen and oxygen atoms in total. The Labute approximate surface area is 85.0 Å². The van der Waals surface area contributed by atoms with Crippen LogP contribution in [0.25, 0.3) is 10.4 Å². The van der Waals surface area contributed by atoms with E-state index < -0.39 is 24.0 Å². The number of hydrogen-bond acceptors (Lipinski definition) is 5. The number of aliphatic hydroxyl groups is 1. The van der Waals surface area contributed by atoms with E-state index in [1.807, 2.05) is 0 Å². The minimum atomic E-state index is -0.912. The molecular formula is C7H10N4O4. The summed E-state index contributed by atoms with van der Waals surface area (Å²) in [5, 5.41) is 12.2. The zero-order valence-corrected chi connectivity index (χ0v) is 8.03. The Kier molecular flexibility index (Phi) is 3.48. The molecule has 1 amide bonds. The molecule has 2 atom stereocenters. The van der Waals surface area contributed by atoms with Crippen molar-refractivity contribution in [2.24, 2.45) is 5.11 Å². The monoisotopic (exact) mass is 214 g/mol. The molecule has 0 aromatic carbocycles. The maximum Gasteiger partial charge on any atom is 0.325 e. The molecule has 0 unspecified atom stereocenters. The largest absolute Gasteiger partial charge is 0.468 e. The van der Waals surface area contributed by atoms with Gasteiger partial charge in [0.15, 0.2) is 0 Å². The molecule has 82 valence electrons. The van der Waals surface area contributed by atoms with Crippen LogP contribution in [0.15, 0.2) is 5.11 Å². The number of amides is 1. The molecule has 0 aromatic rings. The van der Waals surface area contributed by atoms with Gasteiger partial charge in [-0.05, 0) is 5.53 Å². The van der Waals surface area contributed by atoms with Gasteiger partial charge in [-0.15, -0.1) is 0 Å². The number of carbonyl (C=O) groups is 2. The average molecular weight is 214 g/mol. The Bertz CT molecular complexity index is 325. The number of aliphatic hydroxyl groups excluding tert-OH is 1. The standard InChI is InChI=1S/C7H10N4O4/c1-15-5(13)2-11-4(3-12)6(7(11)14)9-10-8/h4,6,12H,2-3H2,1H3/t4-,6+/m1/s1. The number of hydrogen-bond donors (Lipinski definition) is 1. The fourth-order valence-electron chi connectivity index (χ4n) is 1.37. The van der Waals surface area contributed by atoms with Gasteiger partial charge in [-0.25, -0.2) is 0 Å². The van der Waals surface area contributed by atoms with Crippen LogP contribution in [0.5, 0.6) is 0 Å². The van der Waals surface area contributed by atoms with E-state index in [0.29, 0.717) is 0 Å². The lowest BCUT2D eigenvalue weighted by Gasteiger charge is -2.43. The lowest BCUT2D eigenvalue weighted by Crippen LogP contribution is -2.66. The van der Waals surface area contributed by atoms with Crippen molar-refractivity contribution in [2.45, 2.75) is 12.1 Å². The Hall–Kier alpha value is -1.79. The Balaban J connectivity index is 2.65. The van der Waals surface area contributed by atoms with Gasteiger partial charge in [0.25, 0.3) is 0 Å². The molecule has 1 heterocycles. The van der Waals surface area contributed by atoms with Gasteiger partial charge in [0.2, 0.25) is 5.91 Å². The van der Waals surface area contributed by atoms with Crippen LogP contribution in [0, 0.1) is 0 Å². The molecule has 0 saturated carbocycles. The van der Waals surface area contributed by atoms with E-state index in [2.05, 4.69) is 14.8 Å². The first kappa shape index (κ1) is 11.3. The fourth-order valence-corrected chi connectivity index (χ4v) is 1.37. The van der Waals surface area contributed by atoms with Crippen LogP contribution in [0.1, 0.15) is 0 Å². The van der Waals surface area contributed by atoms with Gasteiger partial charge in [0.05, 0.1) is 19.8 Å². The van der Waals surface area contributed by atoms with E-state index in [9.17, 15) is 9.59 Å². The van der Waals surface area contributed by atoms with Crippen LogP contribution < -0.4 is 0 Å². The van der Waals surface area contributed by atoms with Crippen molar-refractivity contribution in [3.05, 3.63) is 10.4 Å². The summed E-state index contributed by atoms with van der Waals surface area (Å²) in [5.74, 6) is -1.06. The summed E-state index contributed by atoms with van der Waals surface area (Å²) >= 11 is 0. The highest BCUT2D eigenvalue weighted by molar-refractivity contribution is 5.92. The number of nitrogens with zero attached hydrogens (tertiary/aromatic N) is 4. The molecular weight excluding hydrogens is 204 g/mol. The summed E-state index contributed by atoms with van der Waals surface area (Å²) in [6.07, 6.45) is 0. The molecule has 1 aliphatic rings. The van der Waals surface area contributed by atoms with E-state index in [0.717, 1.165) is 4.90 Å². The van der Waals surface area contributed by atoms with Crippen LogP contribution in [0.2, 0.25) is 0 Å². The van der Waals surface area contributed by atoms with E-state index in [-0.39, 0.29) is 13.2 Å². The van der Waals surface area contributed by atoms with Gasteiger partial charge in [-0.1, -0.05) is 5.11 Å². The summed E-state index contributed by atoms with van der Waals surface area (Å²) in [7, 11) is 1.20. The second-order valence-corrected chi connectivity index (χ2v) is 2.94. The number of carbonyl (C=O) groups excluding carboxylic acids is 2. The van der Waals surface area contributed by atoms with Crippen molar-refractivity contribution in [3.8, 4) is 0 Å². The molecule has 8 heteroatoms. The lowest BCUT2D eigenvalue weighted by atomic mass is 9.97. The zero-order chi connectivity index (χ0) is 11.4. The van der Waals surface area contributed by atoms with E-state index in [4.69, 9.17) is 10.6 Å². The highest BCUT2D eigenvalue weighted by Crippen LogP contribution is 2.22. The summed E-state index contributed by atoms with van der Waals surface area (Å²) in [6.45, 7) is -0.593. The van der Waals surface area contributed by atoms with E-state index >= 15 is 0 Å². The molecule has 1 rings (SSSR count). The summed E-state index contributed by atoms with van der Waals surface area (Å²) in [4.78, 5) is 25.8. The first-order valence-corrected chi connectivity index (χ1v) is 4.18. The maximum absolute atomic E-state index is 11.3. The molecule has 0 aliphatic carbocycles. The van der Waals surface area contributed by atoms with Crippen LogP contribution in [0.4, 0.5) is 0 Å². The van der Waals surface area contributed by atoms with Crippen LogP contribution in [-0.4, -0.2) is 54.2 Å². The minimum Gasteiger partial charge on any atom is -0.468 e. The third kappa shape index (κ3) is 2.00. The number of azide groups is 1. The molecule has 1 fully saturated rings. The van der Waals surface area contributed by atoms with Crippen molar-refractivity contribution in [2.75, 3.05) is 20.3 Å². The van der Waals surface area contributed by atoms with Gasteiger partial charge in [-0.2, -0.15) is 0 Å². The van der Waals surface area contributed by atoms with Crippen LogP contribution >= 0.6 is 0 Å². The Morgan fingerprint density at radius 1 is 1.80 bits per heavy atom. The van der Waals surface area contributed by atoms with Crippen molar-refractivity contribution in [1.82, 2.24) is 4.90 Å². The first-order chi connectivity index (χ1) is 7.15. The van der Waals surface area contributed by atoms with Crippen molar-refractivity contribution >= 4 is 11.9 Å². The van der Waals surface area contributed by atoms with Crippen molar-refractivity contribution in [3.63, 3.8) is 0 Å². The predicted octanol–water partition coefficient (Wildman–Crippen LogP) is -0.959. The molecule has 0 bridgehead atoms. The van der Waals surface area contributed by atoms with Gasteiger partial charge >= 0.3 is 5.97 Å². The number of methoxy groups -OCH3 is 1. The Morgan fingerprint density at radius 3 is 2.93 bits per heavy atom. The van der Waals surface area contributed by atoms with Crippen molar-refractivity contribution < 1.29 is 19.4 Å². The quantitative estimate of drug-likeness (QED) is 0.213. The van der Waals surface area contributed by atoms with Gasteiger partial charge in [0, 0.05) is 4.91 Å². The normalized spacial score (nSPS) is 24.1. The number of rotatable bonds is 4. The molecule has 15 heavy (non-hydrogen) atoms. The number of likely N-dealkylation sites (tertiary alicyclic amines) is 1. The molecule has 0 radical (unpaired) electrons. The molecule has 1 N–H and O–H groups in total. The van der Waals surface area contributed by atoms with Crippen molar-refractivity contribution in [1.29, 1.82) is 0 Å². The Morgan fingerprint density at radius 2 is 2.47 bits per heavy atom. The predicted molar refractivity (Wildman–Crippen MR) is 47.5 cm³/mol. The molecule has 0 aromatic heterocycles. The molecule has 0 spiro atoms. The second-order valence-electron chi connectivity index (χ2n) is 2.94. The highest BCUT2D eigenvalue weighted by Gasteiger charge is 2.47. The topological polar surface area (TPSA) is 116 Å². The van der Waals surface area contributed by atoms with Gasteiger partial charge in [-0.3, -0.25) is 9.59 Å². The second kappa shape index (κ2) is 4.63. The summed E-state index contributed by atoms with van der Waals surface area (Å²) in [5.41, 5.74) is 8.16. The smallest absolute Gasteiger partial charge is 0.325 e. The highest BCUT2D eigenvalue weighted by atomic mass is 16.5. The average Bonchev–Trinajstić information content (AvgIpc) is 2.26. The maximum atomic E-state index is 11.3. The van der Waals surface area contributed by atoms with Gasteiger partial charge < -0.3 is 14.7 Å². The lowest BCUT2D eigenvalue weighted by molar-refractivity contribution is -0.160. The molecule has 1 aliphatic heterocycles. The fraction of sp³-hybridized carbons (Fsp3) is 0.714. The third-order valence-corrected chi connectivity index (χ3v) is 2.19. The number of esters is 1. The zero-order valence-electron chi connectivity index (χ0n) is 8.03. The van der Waals surface area contributed by atoms with E-state index in [1.165, 1.54) is 7.11 Å². The molecule has 1 saturated heterocycles. The summed E-state index contributed by atoms with van der Waals surface area (Å²) in [6, 6.07) is -1.54. The number of β-lactam (4-membered cyclic amide) rings is 1. The first-order valence-electron chi connectivity index (χ1n) is 4.18. The summed E-state index contributed by atoms with van der Waals surface area (Å²) < 4.78 is 4.38. The van der Waals surface area contributed by atoms with Crippen LogP contribution in [0.3, 0.4) is 0 Å². The van der Waals surface area contributed by atoms with Crippen LogP contribution in [-0.2, 0) is 14.3 Å². The third-order valence-electron chi connectivity index (χ3n) is 2.19. The van der Waals surface area contributed by atoms with E-state index in [1.54, 1.807) is 0 Å². The van der Waals surface area contributed by atoms with Gasteiger partial charge in [0.1, 0.15) is 12.6 Å². The minimum absolute atomic E-state index is 0.238. The number of ether oxygens (including phenoxy) is 1. The SMILES string of the molecule is COC(=O)CN1C(=O)[C@@H](N=[N+]=[N-])[C@H]1CO.